The lowest BCUT2D eigenvalue weighted by atomic mass is 9.98. The third-order valence-corrected chi connectivity index (χ3v) is 4.09. The van der Waals surface area contributed by atoms with Gasteiger partial charge in [0, 0.05) is 18.5 Å². The van der Waals surface area contributed by atoms with Crippen LogP contribution in [0.2, 0.25) is 0 Å². The standard InChI is InChI=1S/C12H20N4O2S/c1-12(2,3)11-16-15-9(19-11)7-14-10(17)8-6-13-4-5-18-8/h8,13H,4-7H2,1-3H3,(H,14,17). The molecule has 1 atom stereocenters. The van der Waals surface area contributed by atoms with Gasteiger partial charge in [0.2, 0.25) is 0 Å². The quantitative estimate of drug-likeness (QED) is 0.842. The van der Waals surface area contributed by atoms with E-state index in [4.69, 9.17) is 4.74 Å². The molecular weight excluding hydrogens is 264 g/mol. The van der Waals surface area contributed by atoms with Crippen molar-refractivity contribution in [2.45, 2.75) is 38.8 Å². The van der Waals surface area contributed by atoms with Crippen molar-refractivity contribution in [2.24, 2.45) is 0 Å². The van der Waals surface area contributed by atoms with Crippen molar-refractivity contribution >= 4 is 17.2 Å². The molecule has 19 heavy (non-hydrogen) atoms. The summed E-state index contributed by atoms with van der Waals surface area (Å²) in [6.07, 6.45) is -0.399. The Morgan fingerprint density at radius 1 is 1.53 bits per heavy atom. The van der Waals surface area contributed by atoms with Gasteiger partial charge in [-0.2, -0.15) is 0 Å². The van der Waals surface area contributed by atoms with Gasteiger partial charge in [-0.25, -0.2) is 0 Å². The summed E-state index contributed by atoms with van der Waals surface area (Å²) in [6.45, 7) is 8.63. The third kappa shape index (κ3) is 3.95. The van der Waals surface area contributed by atoms with Crippen LogP contribution in [0.5, 0.6) is 0 Å². The number of carbonyl (C=O) groups excluding carboxylic acids is 1. The number of hydrogen-bond donors (Lipinski definition) is 2. The van der Waals surface area contributed by atoms with Crippen LogP contribution >= 0.6 is 11.3 Å². The molecule has 7 heteroatoms. The average molecular weight is 284 g/mol. The van der Waals surface area contributed by atoms with Gasteiger partial charge in [-0.3, -0.25) is 4.79 Å². The monoisotopic (exact) mass is 284 g/mol. The molecule has 0 radical (unpaired) electrons. The summed E-state index contributed by atoms with van der Waals surface area (Å²) < 4.78 is 5.38. The predicted octanol–water partition coefficient (Wildman–Crippen LogP) is 0.440. The van der Waals surface area contributed by atoms with Crippen LogP contribution in [0.25, 0.3) is 0 Å². The number of hydrogen-bond acceptors (Lipinski definition) is 6. The molecule has 2 rings (SSSR count). The van der Waals surface area contributed by atoms with E-state index in [1.807, 2.05) is 0 Å². The number of nitrogens with zero attached hydrogens (tertiary/aromatic N) is 2. The fourth-order valence-corrected chi connectivity index (χ4v) is 2.48. The second-order valence-electron chi connectivity index (χ2n) is 5.53. The van der Waals surface area contributed by atoms with Crippen molar-refractivity contribution in [3.8, 4) is 0 Å². The van der Waals surface area contributed by atoms with Crippen molar-refractivity contribution in [2.75, 3.05) is 19.7 Å². The van der Waals surface area contributed by atoms with Gasteiger partial charge in [-0.1, -0.05) is 32.1 Å². The van der Waals surface area contributed by atoms with E-state index in [1.165, 1.54) is 11.3 Å². The smallest absolute Gasteiger partial charge is 0.250 e. The van der Waals surface area contributed by atoms with E-state index in [2.05, 4.69) is 41.6 Å². The van der Waals surface area contributed by atoms with Crippen molar-refractivity contribution in [3.05, 3.63) is 10.0 Å². The molecule has 0 saturated carbocycles. The van der Waals surface area contributed by atoms with Crippen LogP contribution in [0.4, 0.5) is 0 Å². The highest BCUT2D eigenvalue weighted by Gasteiger charge is 2.23. The minimum Gasteiger partial charge on any atom is -0.366 e. The first-order valence-electron chi connectivity index (χ1n) is 6.40. The lowest BCUT2D eigenvalue weighted by Gasteiger charge is -2.22. The highest BCUT2D eigenvalue weighted by atomic mass is 32.1. The summed E-state index contributed by atoms with van der Waals surface area (Å²) in [5.41, 5.74) is -0.00364. The number of nitrogens with one attached hydrogen (secondary N) is 2. The molecule has 1 saturated heterocycles. The molecule has 0 spiro atoms. The van der Waals surface area contributed by atoms with Crippen LogP contribution in [-0.4, -0.2) is 41.9 Å². The maximum Gasteiger partial charge on any atom is 0.250 e. The van der Waals surface area contributed by atoms with E-state index in [0.29, 0.717) is 19.7 Å². The van der Waals surface area contributed by atoms with Crippen LogP contribution in [0.3, 0.4) is 0 Å². The van der Waals surface area contributed by atoms with E-state index < -0.39 is 6.10 Å². The number of amides is 1. The molecule has 0 bridgehead atoms. The minimum absolute atomic E-state index is 0.00364. The van der Waals surface area contributed by atoms with Gasteiger partial charge in [0.15, 0.2) is 0 Å². The number of rotatable bonds is 3. The average Bonchev–Trinajstić information content (AvgIpc) is 2.86. The van der Waals surface area contributed by atoms with Gasteiger partial charge in [0.05, 0.1) is 13.2 Å². The number of ether oxygens (including phenoxy) is 1. The van der Waals surface area contributed by atoms with Crippen molar-refractivity contribution < 1.29 is 9.53 Å². The molecule has 1 fully saturated rings. The van der Waals surface area contributed by atoms with Gasteiger partial charge in [-0.05, 0) is 0 Å². The summed E-state index contributed by atoms with van der Waals surface area (Å²) in [4.78, 5) is 11.9. The number of carbonyl (C=O) groups is 1. The van der Waals surface area contributed by atoms with Crippen LogP contribution in [0.15, 0.2) is 0 Å². The molecule has 6 nitrogen and oxygen atoms in total. The topological polar surface area (TPSA) is 76.1 Å². The number of morpholine rings is 1. The molecule has 1 aromatic rings. The minimum atomic E-state index is -0.399. The maximum atomic E-state index is 11.9. The van der Waals surface area contributed by atoms with Gasteiger partial charge in [0.1, 0.15) is 16.1 Å². The van der Waals surface area contributed by atoms with E-state index in [1.54, 1.807) is 0 Å². The van der Waals surface area contributed by atoms with Crippen LogP contribution < -0.4 is 10.6 Å². The van der Waals surface area contributed by atoms with Crippen LogP contribution in [0, 0.1) is 0 Å². The molecule has 106 valence electrons. The first kappa shape index (κ1) is 14.4. The molecule has 1 aliphatic rings. The van der Waals surface area contributed by atoms with E-state index >= 15 is 0 Å². The van der Waals surface area contributed by atoms with Gasteiger partial charge in [-0.15, -0.1) is 10.2 Å². The Morgan fingerprint density at radius 2 is 2.32 bits per heavy atom. The zero-order valence-electron chi connectivity index (χ0n) is 11.5. The third-order valence-electron chi connectivity index (χ3n) is 2.74. The first-order valence-corrected chi connectivity index (χ1v) is 7.21. The maximum absolute atomic E-state index is 11.9. The fourth-order valence-electron chi connectivity index (χ4n) is 1.64. The molecule has 1 unspecified atom stereocenters. The van der Waals surface area contributed by atoms with E-state index in [9.17, 15) is 4.79 Å². The first-order chi connectivity index (χ1) is 8.97. The lowest BCUT2D eigenvalue weighted by Crippen LogP contribution is -2.47. The molecule has 1 aliphatic heterocycles. The molecule has 0 aromatic carbocycles. The number of aromatic nitrogens is 2. The van der Waals surface area contributed by atoms with Crippen LogP contribution in [-0.2, 0) is 21.5 Å². The Balaban J connectivity index is 1.85. The molecule has 2 heterocycles. The molecule has 1 aromatic heterocycles. The Kier molecular flexibility index (Phi) is 4.49. The summed E-state index contributed by atoms with van der Waals surface area (Å²) in [7, 11) is 0. The Hall–Kier alpha value is -1.05. The molecule has 2 N–H and O–H groups in total. The van der Waals surface area contributed by atoms with E-state index in [-0.39, 0.29) is 11.3 Å². The van der Waals surface area contributed by atoms with Crippen molar-refractivity contribution in [1.82, 2.24) is 20.8 Å². The molecular formula is C12H20N4O2S. The SMILES string of the molecule is CC(C)(C)c1nnc(CNC(=O)C2CNCCO2)s1. The van der Waals surface area contributed by atoms with E-state index in [0.717, 1.165) is 16.6 Å². The summed E-state index contributed by atoms with van der Waals surface area (Å²) in [6, 6.07) is 0. The van der Waals surface area contributed by atoms with Crippen LogP contribution in [0.1, 0.15) is 30.8 Å². The Bertz CT molecular complexity index is 435. The molecule has 1 amide bonds. The van der Waals surface area contributed by atoms with Gasteiger partial charge in [0.25, 0.3) is 5.91 Å². The second kappa shape index (κ2) is 5.94. The van der Waals surface area contributed by atoms with Crippen molar-refractivity contribution in [3.63, 3.8) is 0 Å². The van der Waals surface area contributed by atoms with Gasteiger partial charge >= 0.3 is 0 Å². The zero-order valence-corrected chi connectivity index (χ0v) is 12.3. The van der Waals surface area contributed by atoms with Gasteiger partial charge < -0.3 is 15.4 Å². The summed E-state index contributed by atoms with van der Waals surface area (Å²) in [5.74, 6) is -0.0975. The second-order valence-corrected chi connectivity index (χ2v) is 6.59. The Morgan fingerprint density at radius 3 is 2.89 bits per heavy atom. The highest BCUT2D eigenvalue weighted by molar-refractivity contribution is 7.11. The summed E-state index contributed by atoms with van der Waals surface area (Å²) in [5, 5.41) is 16.0. The summed E-state index contributed by atoms with van der Waals surface area (Å²) >= 11 is 1.54. The zero-order chi connectivity index (χ0) is 13.9. The molecule has 0 aliphatic carbocycles. The normalized spacial score (nSPS) is 20.3. The Labute approximate surface area is 116 Å². The highest BCUT2D eigenvalue weighted by Crippen LogP contribution is 2.25. The fraction of sp³-hybridized carbons (Fsp3) is 0.750. The lowest BCUT2D eigenvalue weighted by molar-refractivity contribution is -0.134. The largest absolute Gasteiger partial charge is 0.366 e. The van der Waals surface area contributed by atoms with Crippen molar-refractivity contribution in [1.29, 1.82) is 0 Å². The predicted molar refractivity (Wildman–Crippen MR) is 73.1 cm³/mol.